The number of halogens is 2. The Kier molecular flexibility index (Phi) is 7.29. The molecule has 128 valence electrons. The van der Waals surface area contributed by atoms with Crippen LogP contribution in [0.25, 0.3) is 0 Å². The van der Waals surface area contributed by atoms with Gasteiger partial charge < -0.3 is 9.84 Å². The fourth-order valence-corrected chi connectivity index (χ4v) is 2.20. The minimum Gasteiger partial charge on any atom is -0.468 e. The van der Waals surface area contributed by atoms with E-state index in [9.17, 15) is 23.5 Å². The Hall–Kier alpha value is -1.82. The van der Waals surface area contributed by atoms with E-state index < -0.39 is 35.4 Å². The molecule has 1 rings (SSSR count). The van der Waals surface area contributed by atoms with Crippen molar-refractivity contribution in [3.05, 3.63) is 35.4 Å². The average Bonchev–Trinajstić information content (AvgIpc) is 2.45. The fourth-order valence-electron chi connectivity index (χ4n) is 2.20. The first kappa shape index (κ1) is 19.2. The lowest BCUT2D eigenvalue weighted by molar-refractivity contribution is -0.150. The maximum Gasteiger partial charge on any atom is 0.316 e. The quantitative estimate of drug-likeness (QED) is 0.589. The third-order valence-corrected chi connectivity index (χ3v) is 3.70. The van der Waals surface area contributed by atoms with Crippen molar-refractivity contribution >= 4 is 11.8 Å². The first-order valence-electron chi connectivity index (χ1n) is 7.48. The summed E-state index contributed by atoms with van der Waals surface area (Å²) in [5, 5.41) is 9.79. The van der Waals surface area contributed by atoms with Gasteiger partial charge >= 0.3 is 5.97 Å². The molecule has 1 N–H and O–H groups in total. The number of rotatable bonds is 8. The van der Waals surface area contributed by atoms with E-state index in [0.717, 1.165) is 18.2 Å². The summed E-state index contributed by atoms with van der Waals surface area (Å²) in [6.45, 7) is 3.53. The topological polar surface area (TPSA) is 63.6 Å². The van der Waals surface area contributed by atoms with Gasteiger partial charge in [-0.25, -0.2) is 8.78 Å². The fraction of sp³-hybridized carbons (Fsp3) is 0.529. The molecule has 0 aliphatic heterocycles. The monoisotopic (exact) mass is 328 g/mol. The standard InChI is InChI=1S/C17H22F2O4/c1-10(2)15(20)9-16(21)14(17(22)23-3)5-4-11-6-12(18)8-13(19)7-11/h6-8,10,14-15,20H,4-5,9H2,1-3H3. The van der Waals surface area contributed by atoms with E-state index in [1.165, 1.54) is 7.11 Å². The number of benzene rings is 1. The predicted molar refractivity (Wildman–Crippen MR) is 80.7 cm³/mol. The van der Waals surface area contributed by atoms with Gasteiger partial charge in [-0.2, -0.15) is 0 Å². The van der Waals surface area contributed by atoms with Crippen LogP contribution in [0.5, 0.6) is 0 Å². The van der Waals surface area contributed by atoms with E-state index in [1.807, 2.05) is 0 Å². The third-order valence-electron chi connectivity index (χ3n) is 3.70. The zero-order chi connectivity index (χ0) is 17.6. The van der Waals surface area contributed by atoms with E-state index in [2.05, 4.69) is 4.74 Å². The molecule has 6 heteroatoms. The summed E-state index contributed by atoms with van der Waals surface area (Å²) >= 11 is 0. The van der Waals surface area contributed by atoms with Crippen molar-refractivity contribution in [2.75, 3.05) is 7.11 Å². The molecule has 0 radical (unpaired) electrons. The molecule has 2 atom stereocenters. The van der Waals surface area contributed by atoms with Crippen LogP contribution in [0.2, 0.25) is 0 Å². The summed E-state index contributed by atoms with van der Waals surface area (Å²) < 4.78 is 31.0. The molecule has 0 amide bonds. The zero-order valence-electron chi connectivity index (χ0n) is 13.5. The summed E-state index contributed by atoms with van der Waals surface area (Å²) in [7, 11) is 1.17. The number of esters is 1. The number of carbonyl (C=O) groups is 2. The van der Waals surface area contributed by atoms with Gasteiger partial charge in [0.1, 0.15) is 23.3 Å². The Labute approximate surface area is 134 Å². The van der Waals surface area contributed by atoms with Gasteiger partial charge in [-0.15, -0.1) is 0 Å². The molecule has 0 bridgehead atoms. The zero-order valence-corrected chi connectivity index (χ0v) is 13.5. The number of aliphatic hydroxyl groups excluding tert-OH is 1. The van der Waals surface area contributed by atoms with E-state index in [-0.39, 0.29) is 25.2 Å². The second-order valence-corrected chi connectivity index (χ2v) is 5.87. The first-order valence-corrected chi connectivity index (χ1v) is 7.48. The van der Waals surface area contributed by atoms with Crippen molar-refractivity contribution in [3.63, 3.8) is 0 Å². The predicted octanol–water partition coefficient (Wildman–Crippen LogP) is 2.66. The van der Waals surface area contributed by atoms with Gasteiger partial charge in [-0.1, -0.05) is 13.8 Å². The molecular formula is C17H22F2O4. The van der Waals surface area contributed by atoms with Crippen molar-refractivity contribution in [1.29, 1.82) is 0 Å². The molecule has 0 aliphatic rings. The van der Waals surface area contributed by atoms with Gasteiger partial charge in [-0.05, 0) is 36.5 Å². The number of hydrogen-bond acceptors (Lipinski definition) is 4. The SMILES string of the molecule is COC(=O)C(CCc1cc(F)cc(F)c1)C(=O)CC(O)C(C)C. The van der Waals surface area contributed by atoms with Crippen LogP contribution in [0.1, 0.15) is 32.3 Å². The molecule has 1 aromatic carbocycles. The highest BCUT2D eigenvalue weighted by Crippen LogP contribution is 2.18. The van der Waals surface area contributed by atoms with Crippen molar-refractivity contribution < 1.29 is 28.2 Å². The minimum atomic E-state index is -1.06. The van der Waals surface area contributed by atoms with Gasteiger partial charge in [0.2, 0.25) is 0 Å². The number of ketones is 1. The van der Waals surface area contributed by atoms with Crippen LogP contribution in [0.15, 0.2) is 18.2 Å². The highest BCUT2D eigenvalue weighted by Gasteiger charge is 2.29. The maximum atomic E-state index is 13.2. The van der Waals surface area contributed by atoms with Crippen LogP contribution in [0.4, 0.5) is 8.78 Å². The van der Waals surface area contributed by atoms with Crippen molar-refractivity contribution in [2.45, 2.75) is 39.2 Å². The largest absolute Gasteiger partial charge is 0.468 e. The van der Waals surface area contributed by atoms with Crippen LogP contribution in [0, 0.1) is 23.5 Å². The number of methoxy groups -OCH3 is 1. The highest BCUT2D eigenvalue weighted by atomic mass is 19.1. The van der Waals surface area contributed by atoms with Crippen molar-refractivity contribution in [2.24, 2.45) is 11.8 Å². The lowest BCUT2D eigenvalue weighted by atomic mass is 9.90. The van der Waals surface area contributed by atoms with Crippen LogP contribution in [-0.4, -0.2) is 30.1 Å². The molecule has 0 aliphatic carbocycles. The second-order valence-electron chi connectivity index (χ2n) is 5.87. The number of ether oxygens (including phenoxy) is 1. The van der Waals surface area contributed by atoms with E-state index in [0.29, 0.717) is 5.56 Å². The molecule has 2 unspecified atom stereocenters. The molecular weight excluding hydrogens is 306 g/mol. The first-order chi connectivity index (χ1) is 10.7. The molecule has 4 nitrogen and oxygen atoms in total. The third kappa shape index (κ3) is 6.06. The Bertz CT molecular complexity index is 537. The van der Waals surface area contributed by atoms with Gasteiger partial charge in [-0.3, -0.25) is 9.59 Å². The molecule has 0 fully saturated rings. The van der Waals surface area contributed by atoms with E-state index in [4.69, 9.17) is 0 Å². The van der Waals surface area contributed by atoms with Gasteiger partial charge in [0.25, 0.3) is 0 Å². The number of hydrogen-bond donors (Lipinski definition) is 1. The molecule has 0 saturated carbocycles. The number of carbonyl (C=O) groups excluding carboxylic acids is 2. The van der Waals surface area contributed by atoms with Gasteiger partial charge in [0.05, 0.1) is 13.2 Å². The Morgan fingerprint density at radius 3 is 2.22 bits per heavy atom. The minimum absolute atomic E-state index is 0.0687. The van der Waals surface area contributed by atoms with Crippen molar-refractivity contribution in [1.82, 2.24) is 0 Å². The lowest BCUT2D eigenvalue weighted by Gasteiger charge is -2.18. The lowest BCUT2D eigenvalue weighted by Crippen LogP contribution is -2.30. The number of aliphatic hydroxyl groups is 1. The Morgan fingerprint density at radius 1 is 1.17 bits per heavy atom. The molecule has 0 saturated heterocycles. The second kappa shape index (κ2) is 8.72. The normalized spacial score (nSPS) is 13.7. The molecule has 0 spiro atoms. The molecule has 0 heterocycles. The van der Waals surface area contributed by atoms with Crippen LogP contribution in [-0.2, 0) is 20.7 Å². The van der Waals surface area contributed by atoms with Gasteiger partial charge in [0.15, 0.2) is 0 Å². The highest BCUT2D eigenvalue weighted by molar-refractivity contribution is 5.99. The number of aryl methyl sites for hydroxylation is 1. The molecule has 23 heavy (non-hydrogen) atoms. The summed E-state index contributed by atoms with van der Waals surface area (Å²) in [4.78, 5) is 24.0. The van der Waals surface area contributed by atoms with Crippen LogP contribution in [0.3, 0.4) is 0 Å². The van der Waals surface area contributed by atoms with E-state index >= 15 is 0 Å². The van der Waals surface area contributed by atoms with Gasteiger partial charge in [0, 0.05) is 12.5 Å². The van der Waals surface area contributed by atoms with Crippen LogP contribution < -0.4 is 0 Å². The average molecular weight is 328 g/mol. The molecule has 1 aromatic rings. The summed E-state index contributed by atoms with van der Waals surface area (Å²) in [5.41, 5.74) is 0.355. The Morgan fingerprint density at radius 2 is 1.74 bits per heavy atom. The van der Waals surface area contributed by atoms with E-state index in [1.54, 1.807) is 13.8 Å². The Balaban J connectivity index is 2.78. The maximum absolute atomic E-state index is 13.2. The van der Waals surface area contributed by atoms with Crippen molar-refractivity contribution in [3.8, 4) is 0 Å². The number of Topliss-reactive ketones (excluding diaryl/α,β-unsaturated/α-hetero) is 1. The smallest absolute Gasteiger partial charge is 0.316 e. The summed E-state index contributed by atoms with van der Waals surface area (Å²) in [6.07, 6.45) is -0.784. The molecule has 0 aromatic heterocycles. The van der Waals surface area contributed by atoms with Crippen LogP contribution >= 0.6 is 0 Å². The summed E-state index contributed by atoms with van der Waals surface area (Å²) in [6, 6.07) is 3.07. The summed E-state index contributed by atoms with van der Waals surface area (Å²) in [5.74, 6) is -3.74.